The predicted octanol–water partition coefficient (Wildman–Crippen LogP) is 3.16. The van der Waals surface area contributed by atoms with Gasteiger partial charge in [-0.3, -0.25) is 4.79 Å². The smallest absolute Gasteiger partial charge is 0.228 e. The van der Waals surface area contributed by atoms with Gasteiger partial charge in [-0.05, 0) is 34.5 Å². The number of anilines is 2. The minimum Gasteiger partial charge on any atom is -0.397 e. The highest BCUT2D eigenvalue weighted by Gasteiger charge is 2.09. The van der Waals surface area contributed by atoms with E-state index in [1.165, 1.54) is 0 Å². The molecule has 0 atom stereocenters. The number of hydrogen-bond acceptors (Lipinski definition) is 3. The van der Waals surface area contributed by atoms with Crippen molar-refractivity contribution in [2.75, 3.05) is 11.1 Å². The van der Waals surface area contributed by atoms with Crippen molar-refractivity contribution in [3.05, 3.63) is 45.6 Å². The highest BCUT2D eigenvalue weighted by molar-refractivity contribution is 7.08. The normalized spacial score (nSPS) is 10.2. The molecule has 0 fully saturated rings. The van der Waals surface area contributed by atoms with Crippen molar-refractivity contribution in [1.82, 2.24) is 0 Å². The van der Waals surface area contributed by atoms with Crippen LogP contribution in [0.4, 0.5) is 11.4 Å². The van der Waals surface area contributed by atoms with Crippen LogP contribution >= 0.6 is 22.9 Å². The maximum atomic E-state index is 11.8. The van der Waals surface area contributed by atoms with Crippen molar-refractivity contribution in [2.24, 2.45) is 0 Å². The lowest BCUT2D eigenvalue weighted by molar-refractivity contribution is -0.115. The van der Waals surface area contributed by atoms with Gasteiger partial charge in [0.05, 0.1) is 22.8 Å². The second-order valence-corrected chi connectivity index (χ2v) is 4.75. The summed E-state index contributed by atoms with van der Waals surface area (Å²) in [6.45, 7) is 0. The molecule has 0 spiro atoms. The Kier molecular flexibility index (Phi) is 3.66. The molecule has 2 aromatic rings. The molecule has 1 aromatic heterocycles. The third-order valence-corrected chi connectivity index (χ3v) is 3.30. The third-order valence-electron chi connectivity index (χ3n) is 2.26. The summed E-state index contributed by atoms with van der Waals surface area (Å²) in [5.74, 6) is -0.122. The quantitative estimate of drug-likeness (QED) is 0.839. The predicted molar refractivity (Wildman–Crippen MR) is 72.5 cm³/mol. The van der Waals surface area contributed by atoms with Gasteiger partial charge in [-0.25, -0.2) is 0 Å². The van der Waals surface area contributed by atoms with Crippen LogP contribution in [-0.2, 0) is 11.2 Å². The molecular formula is C12H11ClN2OS. The fourth-order valence-corrected chi connectivity index (χ4v) is 2.33. The Bertz CT molecular complexity index is 505. The maximum Gasteiger partial charge on any atom is 0.228 e. The lowest BCUT2D eigenvalue weighted by Crippen LogP contribution is -2.15. The van der Waals surface area contributed by atoms with E-state index in [2.05, 4.69) is 5.32 Å². The molecule has 1 amide bonds. The minimum atomic E-state index is -0.122. The number of halogens is 1. The van der Waals surface area contributed by atoms with Crippen LogP contribution in [0, 0.1) is 0 Å². The van der Waals surface area contributed by atoms with E-state index in [0.29, 0.717) is 22.8 Å². The zero-order valence-electron chi connectivity index (χ0n) is 8.94. The van der Waals surface area contributed by atoms with Gasteiger partial charge in [0.15, 0.2) is 0 Å². The van der Waals surface area contributed by atoms with Gasteiger partial charge >= 0.3 is 0 Å². The van der Waals surface area contributed by atoms with E-state index in [4.69, 9.17) is 17.3 Å². The summed E-state index contributed by atoms with van der Waals surface area (Å²) in [5, 5.41) is 7.05. The summed E-state index contributed by atoms with van der Waals surface area (Å²) in [4.78, 5) is 11.8. The van der Waals surface area contributed by atoms with E-state index in [-0.39, 0.29) is 5.91 Å². The Hall–Kier alpha value is -1.52. The standard InChI is InChI=1S/C12H11ClN2OS/c13-9-2-1-3-10(14)12(9)15-11(16)6-8-4-5-17-7-8/h1-5,7H,6,14H2,(H,15,16). The summed E-state index contributed by atoms with van der Waals surface area (Å²) in [5.41, 5.74) is 7.68. The Morgan fingerprint density at radius 2 is 2.24 bits per heavy atom. The summed E-state index contributed by atoms with van der Waals surface area (Å²) in [7, 11) is 0. The molecule has 0 aliphatic rings. The van der Waals surface area contributed by atoms with Crippen LogP contribution in [0.3, 0.4) is 0 Å². The van der Waals surface area contributed by atoms with Crippen LogP contribution in [-0.4, -0.2) is 5.91 Å². The SMILES string of the molecule is Nc1cccc(Cl)c1NC(=O)Cc1ccsc1. The van der Waals surface area contributed by atoms with Gasteiger partial charge in [0.1, 0.15) is 0 Å². The molecule has 5 heteroatoms. The Morgan fingerprint density at radius 1 is 1.41 bits per heavy atom. The molecule has 88 valence electrons. The molecule has 0 unspecified atom stereocenters. The molecule has 0 saturated heterocycles. The largest absolute Gasteiger partial charge is 0.397 e. The summed E-state index contributed by atoms with van der Waals surface area (Å²) in [6.07, 6.45) is 0.328. The zero-order chi connectivity index (χ0) is 12.3. The monoisotopic (exact) mass is 266 g/mol. The van der Waals surface area contributed by atoms with Gasteiger partial charge in [0.25, 0.3) is 0 Å². The van der Waals surface area contributed by atoms with Crippen molar-refractivity contribution in [3.8, 4) is 0 Å². The second kappa shape index (κ2) is 5.21. The maximum absolute atomic E-state index is 11.8. The molecule has 0 bridgehead atoms. The fourth-order valence-electron chi connectivity index (χ4n) is 1.43. The fraction of sp³-hybridized carbons (Fsp3) is 0.0833. The van der Waals surface area contributed by atoms with Crippen LogP contribution in [0.15, 0.2) is 35.0 Å². The Labute approximate surface area is 108 Å². The summed E-state index contributed by atoms with van der Waals surface area (Å²) >= 11 is 7.53. The third kappa shape index (κ3) is 2.99. The van der Waals surface area contributed by atoms with Gasteiger partial charge in [0, 0.05) is 0 Å². The molecule has 1 heterocycles. The number of thiophene rings is 1. The number of rotatable bonds is 3. The number of carbonyl (C=O) groups is 1. The first-order valence-electron chi connectivity index (χ1n) is 5.01. The Balaban J connectivity index is 2.08. The van der Waals surface area contributed by atoms with Gasteiger partial charge in [-0.2, -0.15) is 11.3 Å². The first-order valence-corrected chi connectivity index (χ1v) is 6.34. The molecule has 3 N–H and O–H groups in total. The van der Waals surface area contributed by atoms with Crippen molar-refractivity contribution < 1.29 is 4.79 Å². The number of nitrogens with two attached hydrogens (primary N) is 1. The number of carbonyl (C=O) groups excluding carboxylic acids is 1. The molecule has 2 rings (SSSR count). The van der Waals surface area contributed by atoms with Crippen molar-refractivity contribution >= 4 is 40.2 Å². The van der Waals surface area contributed by atoms with E-state index in [9.17, 15) is 4.79 Å². The molecule has 0 aliphatic heterocycles. The average molecular weight is 267 g/mol. The molecule has 17 heavy (non-hydrogen) atoms. The van der Waals surface area contributed by atoms with E-state index in [1.807, 2.05) is 16.8 Å². The Morgan fingerprint density at radius 3 is 2.88 bits per heavy atom. The first kappa shape index (κ1) is 12.0. The summed E-state index contributed by atoms with van der Waals surface area (Å²) in [6, 6.07) is 7.05. The molecule has 3 nitrogen and oxygen atoms in total. The average Bonchev–Trinajstić information content (AvgIpc) is 2.76. The molecule has 0 radical (unpaired) electrons. The highest BCUT2D eigenvalue weighted by atomic mass is 35.5. The second-order valence-electron chi connectivity index (χ2n) is 3.56. The van der Waals surface area contributed by atoms with E-state index < -0.39 is 0 Å². The van der Waals surface area contributed by atoms with Crippen LogP contribution in [0.1, 0.15) is 5.56 Å². The van der Waals surface area contributed by atoms with Crippen LogP contribution in [0.25, 0.3) is 0 Å². The van der Waals surface area contributed by atoms with Gasteiger partial charge < -0.3 is 11.1 Å². The first-order chi connectivity index (χ1) is 8.16. The van der Waals surface area contributed by atoms with Crippen LogP contribution < -0.4 is 11.1 Å². The van der Waals surface area contributed by atoms with Crippen molar-refractivity contribution in [1.29, 1.82) is 0 Å². The van der Waals surface area contributed by atoms with Crippen LogP contribution in [0.5, 0.6) is 0 Å². The lowest BCUT2D eigenvalue weighted by Gasteiger charge is -2.09. The van der Waals surface area contributed by atoms with Gasteiger partial charge in [-0.1, -0.05) is 17.7 Å². The minimum absolute atomic E-state index is 0.122. The number of nitrogen functional groups attached to an aromatic ring is 1. The summed E-state index contributed by atoms with van der Waals surface area (Å²) < 4.78 is 0. The number of para-hydroxylation sites is 1. The van der Waals surface area contributed by atoms with Crippen molar-refractivity contribution in [2.45, 2.75) is 6.42 Å². The number of benzene rings is 1. The van der Waals surface area contributed by atoms with Crippen molar-refractivity contribution in [3.63, 3.8) is 0 Å². The number of amides is 1. The zero-order valence-corrected chi connectivity index (χ0v) is 10.5. The topological polar surface area (TPSA) is 55.1 Å². The van der Waals surface area contributed by atoms with E-state index in [0.717, 1.165) is 5.56 Å². The molecular weight excluding hydrogens is 256 g/mol. The van der Waals surface area contributed by atoms with Crippen LogP contribution in [0.2, 0.25) is 5.02 Å². The van der Waals surface area contributed by atoms with Gasteiger partial charge in [0.2, 0.25) is 5.91 Å². The molecule has 0 saturated carbocycles. The number of hydrogen-bond donors (Lipinski definition) is 2. The number of nitrogens with one attached hydrogen (secondary N) is 1. The molecule has 0 aliphatic carbocycles. The van der Waals surface area contributed by atoms with E-state index >= 15 is 0 Å². The lowest BCUT2D eigenvalue weighted by atomic mass is 10.2. The van der Waals surface area contributed by atoms with E-state index in [1.54, 1.807) is 29.5 Å². The van der Waals surface area contributed by atoms with Gasteiger partial charge in [-0.15, -0.1) is 0 Å². The highest BCUT2D eigenvalue weighted by Crippen LogP contribution is 2.27. The molecule has 1 aromatic carbocycles.